The van der Waals surface area contributed by atoms with Crippen LogP contribution in [0.25, 0.3) is 0 Å². The van der Waals surface area contributed by atoms with Crippen LogP contribution in [0.2, 0.25) is 5.02 Å². The first-order valence-electron chi connectivity index (χ1n) is 10.9. The number of ether oxygens (including phenoxy) is 2. The summed E-state index contributed by atoms with van der Waals surface area (Å²) >= 11 is 5.98. The molecule has 0 saturated carbocycles. The fraction of sp³-hybridized carbons (Fsp3) is 0.348. The molecule has 2 heterocycles. The number of rotatable bonds is 9. The van der Waals surface area contributed by atoms with Gasteiger partial charge in [-0.2, -0.15) is 0 Å². The van der Waals surface area contributed by atoms with Crippen molar-refractivity contribution in [3.05, 3.63) is 58.6 Å². The molecule has 4 rings (SSSR count). The van der Waals surface area contributed by atoms with E-state index in [0.29, 0.717) is 22.7 Å². The molecule has 12 heteroatoms. The maximum Gasteiger partial charge on any atom is 0.586 e. The molecule has 0 bridgehead atoms. The van der Waals surface area contributed by atoms with Crippen molar-refractivity contribution in [1.82, 2.24) is 15.7 Å². The number of carbonyl (C=O) groups is 1. The number of carbonyl (C=O) groups excluding carboxylic acids is 1. The van der Waals surface area contributed by atoms with Crippen molar-refractivity contribution in [3.63, 3.8) is 0 Å². The van der Waals surface area contributed by atoms with Gasteiger partial charge in [0.05, 0.1) is 11.8 Å². The number of benzene rings is 2. The molecule has 186 valence electrons. The summed E-state index contributed by atoms with van der Waals surface area (Å²) < 4.78 is 35.5. The van der Waals surface area contributed by atoms with Gasteiger partial charge in [0.25, 0.3) is 0 Å². The Kier molecular flexibility index (Phi) is 7.20. The van der Waals surface area contributed by atoms with E-state index >= 15 is 0 Å². The second kappa shape index (κ2) is 10.1. The summed E-state index contributed by atoms with van der Waals surface area (Å²) in [6.07, 6.45) is -3.69. The second-order valence-corrected chi connectivity index (χ2v) is 8.38. The summed E-state index contributed by atoms with van der Waals surface area (Å²) in [7, 11) is 0. The molecule has 9 nitrogen and oxygen atoms in total. The van der Waals surface area contributed by atoms with Crippen LogP contribution in [0.3, 0.4) is 0 Å². The van der Waals surface area contributed by atoms with E-state index in [2.05, 4.69) is 25.3 Å². The zero-order valence-corrected chi connectivity index (χ0v) is 19.7. The van der Waals surface area contributed by atoms with Gasteiger partial charge in [-0.15, -0.1) is 14.3 Å². The Hall–Kier alpha value is -3.28. The van der Waals surface area contributed by atoms with Crippen molar-refractivity contribution in [2.75, 3.05) is 13.1 Å². The SMILES string of the molecule is CCCN(C(C)=O)C(CNC1N=C(c2ccc3c(c2)OC(F)(F)O3)ON1)C(=N)c1ccc(Cl)cc1. The van der Waals surface area contributed by atoms with Crippen molar-refractivity contribution in [3.8, 4) is 11.5 Å². The van der Waals surface area contributed by atoms with Gasteiger partial charge in [-0.05, 0) is 42.3 Å². The molecule has 0 aliphatic carbocycles. The molecule has 2 aromatic carbocycles. The lowest BCUT2D eigenvalue weighted by Gasteiger charge is -2.32. The molecule has 1 amide bonds. The van der Waals surface area contributed by atoms with Gasteiger partial charge >= 0.3 is 6.29 Å². The Morgan fingerprint density at radius 1 is 1.26 bits per heavy atom. The van der Waals surface area contributed by atoms with Gasteiger partial charge in [0.2, 0.25) is 11.8 Å². The number of hydroxylamine groups is 1. The quantitative estimate of drug-likeness (QED) is 0.448. The molecule has 3 N–H and O–H groups in total. The van der Waals surface area contributed by atoms with Crippen LogP contribution in [0.1, 0.15) is 31.4 Å². The lowest BCUT2D eigenvalue weighted by Crippen LogP contribution is -2.52. The van der Waals surface area contributed by atoms with Gasteiger partial charge in [0.1, 0.15) is 0 Å². The van der Waals surface area contributed by atoms with E-state index in [-0.39, 0.29) is 35.6 Å². The molecule has 2 aliphatic heterocycles. The Labute approximate surface area is 205 Å². The summed E-state index contributed by atoms with van der Waals surface area (Å²) in [4.78, 5) is 23.8. The molecule has 0 spiro atoms. The number of halogens is 3. The summed E-state index contributed by atoms with van der Waals surface area (Å²) in [6.45, 7) is 4.10. The molecule has 0 aromatic heterocycles. The number of hydrogen-bond acceptors (Lipinski definition) is 8. The van der Waals surface area contributed by atoms with Crippen LogP contribution in [0.15, 0.2) is 47.5 Å². The summed E-state index contributed by atoms with van der Waals surface area (Å²) in [5.74, 6) is -0.202. The van der Waals surface area contributed by atoms with Gasteiger partial charge in [-0.3, -0.25) is 10.1 Å². The highest BCUT2D eigenvalue weighted by Crippen LogP contribution is 2.41. The third-order valence-electron chi connectivity index (χ3n) is 5.40. The largest absolute Gasteiger partial charge is 0.586 e. The van der Waals surface area contributed by atoms with Crippen LogP contribution < -0.4 is 20.3 Å². The van der Waals surface area contributed by atoms with Gasteiger partial charge in [0.15, 0.2) is 17.8 Å². The average Bonchev–Trinajstić information content (AvgIpc) is 3.40. The predicted molar refractivity (Wildman–Crippen MR) is 125 cm³/mol. The van der Waals surface area contributed by atoms with E-state index in [1.54, 1.807) is 29.2 Å². The van der Waals surface area contributed by atoms with Crippen LogP contribution in [0, 0.1) is 5.41 Å². The number of nitrogens with zero attached hydrogens (tertiary/aromatic N) is 2. The first-order valence-corrected chi connectivity index (χ1v) is 11.3. The Bertz CT molecular complexity index is 1150. The summed E-state index contributed by atoms with van der Waals surface area (Å²) in [5, 5.41) is 12.5. The molecule has 2 atom stereocenters. The third kappa shape index (κ3) is 5.69. The zero-order chi connectivity index (χ0) is 25.2. The standard InChI is InChI=1S/C23H24ClF2N5O4/c1-3-10-31(13(2)32)17(20(27)14-4-7-16(24)8-5-14)12-28-22-29-21(35-30-22)15-6-9-18-19(11-15)34-23(25,26)33-18/h4-9,11,17,22,27-28,30H,3,10,12H2,1-2H3. The Balaban J connectivity index is 1.48. The average molecular weight is 508 g/mol. The van der Waals surface area contributed by atoms with E-state index in [1.807, 2.05) is 6.92 Å². The minimum atomic E-state index is -3.72. The topological polar surface area (TPSA) is 108 Å². The van der Waals surface area contributed by atoms with Gasteiger partial charge < -0.3 is 24.6 Å². The fourth-order valence-electron chi connectivity index (χ4n) is 3.77. The molecule has 0 fully saturated rings. The van der Waals surface area contributed by atoms with Crippen LogP contribution >= 0.6 is 11.6 Å². The molecule has 35 heavy (non-hydrogen) atoms. The monoisotopic (exact) mass is 507 g/mol. The number of fused-ring (bicyclic) bond motifs is 1. The molecular formula is C23H24ClF2N5O4. The molecular weight excluding hydrogens is 484 g/mol. The molecule has 0 radical (unpaired) electrons. The van der Waals surface area contributed by atoms with E-state index < -0.39 is 18.6 Å². The van der Waals surface area contributed by atoms with Crippen molar-refractivity contribution in [2.24, 2.45) is 4.99 Å². The summed E-state index contributed by atoms with van der Waals surface area (Å²) in [6, 6.07) is 10.5. The lowest BCUT2D eigenvalue weighted by atomic mass is 10.0. The molecule has 2 aromatic rings. The van der Waals surface area contributed by atoms with Gasteiger partial charge in [0, 0.05) is 30.6 Å². The minimum absolute atomic E-state index is 0.0798. The number of hydrogen-bond donors (Lipinski definition) is 3. The highest BCUT2D eigenvalue weighted by molar-refractivity contribution is 6.30. The first-order chi connectivity index (χ1) is 16.7. The fourth-order valence-corrected chi connectivity index (χ4v) is 3.90. The predicted octanol–water partition coefficient (Wildman–Crippen LogP) is 3.51. The van der Waals surface area contributed by atoms with Crippen LogP contribution in [-0.4, -0.2) is 54.1 Å². The van der Waals surface area contributed by atoms with Gasteiger partial charge in [-0.1, -0.05) is 30.7 Å². The van der Waals surface area contributed by atoms with Crippen LogP contribution in [0.5, 0.6) is 11.5 Å². The number of nitrogens with one attached hydrogen (secondary N) is 3. The Morgan fingerprint density at radius 2 is 1.97 bits per heavy atom. The lowest BCUT2D eigenvalue weighted by molar-refractivity contribution is -0.286. The maximum atomic E-state index is 13.3. The van der Waals surface area contributed by atoms with E-state index in [1.165, 1.54) is 25.1 Å². The molecule has 2 aliphatic rings. The van der Waals surface area contributed by atoms with Crippen LogP contribution in [0.4, 0.5) is 8.78 Å². The number of aliphatic imine (C=N–C) groups is 1. The minimum Gasteiger partial charge on any atom is -0.395 e. The highest BCUT2D eigenvalue weighted by atomic mass is 35.5. The molecule has 2 unspecified atom stereocenters. The van der Waals surface area contributed by atoms with E-state index in [0.717, 1.165) is 6.42 Å². The smallest absolute Gasteiger partial charge is 0.395 e. The first kappa shape index (κ1) is 24.8. The summed E-state index contributed by atoms with van der Waals surface area (Å²) in [5.41, 5.74) is 4.00. The highest BCUT2D eigenvalue weighted by Gasteiger charge is 2.43. The number of amides is 1. The van der Waals surface area contributed by atoms with E-state index in [4.69, 9.17) is 21.8 Å². The van der Waals surface area contributed by atoms with E-state index in [9.17, 15) is 13.6 Å². The normalized spacial score (nSPS) is 18.5. The second-order valence-electron chi connectivity index (χ2n) is 7.94. The van der Waals surface area contributed by atoms with Crippen molar-refractivity contribution in [2.45, 2.75) is 38.9 Å². The molecule has 0 saturated heterocycles. The Morgan fingerprint density at radius 3 is 2.66 bits per heavy atom. The number of alkyl halides is 2. The van der Waals surface area contributed by atoms with Crippen LogP contribution in [-0.2, 0) is 9.63 Å². The van der Waals surface area contributed by atoms with Crippen molar-refractivity contribution >= 4 is 29.1 Å². The van der Waals surface area contributed by atoms with Crippen molar-refractivity contribution < 1.29 is 27.9 Å². The maximum absolute atomic E-state index is 13.3. The van der Waals surface area contributed by atoms with Gasteiger partial charge in [-0.25, -0.2) is 4.99 Å². The van der Waals surface area contributed by atoms with Crippen molar-refractivity contribution in [1.29, 1.82) is 5.41 Å². The third-order valence-corrected chi connectivity index (χ3v) is 5.65. The zero-order valence-electron chi connectivity index (χ0n) is 19.0.